The number of esters is 7. The van der Waals surface area contributed by atoms with E-state index in [0.717, 1.165) is 48.5 Å². The number of aliphatic hydroxyl groups is 1. The number of carbonyl (C=O) groups is 7. The monoisotopic (exact) mass is 636 g/mol. The first-order valence-corrected chi connectivity index (χ1v) is 13.3. The standard InChI is InChI=1S/C26H36O18/c1-10(27)35-8-17-19(37-12(3)29)21(23(25(34)42-17)40-15(6)32)44-26-24(41-16(7)33)22(39-14(5)31)20(38-13(4)30)18(43-26)9-36-11(2)28/h17-26,34H,8-9H2,1-7H3/t17-,18-,19-,20+,21+,22+,23-,24-,25-,26-/m1/s1. The molecule has 0 aliphatic carbocycles. The normalized spacial score (nSPS) is 31.5. The number of hydrogen-bond donors (Lipinski definition) is 1. The molecule has 10 atom stereocenters. The first-order valence-electron chi connectivity index (χ1n) is 13.3. The maximum atomic E-state index is 12.2. The van der Waals surface area contributed by atoms with E-state index in [9.17, 15) is 38.7 Å². The fourth-order valence-corrected chi connectivity index (χ4v) is 4.49. The molecule has 2 aliphatic heterocycles. The van der Waals surface area contributed by atoms with Gasteiger partial charge in [-0.3, -0.25) is 33.6 Å². The van der Waals surface area contributed by atoms with E-state index in [4.69, 9.17) is 47.4 Å². The third-order valence-corrected chi connectivity index (χ3v) is 5.90. The van der Waals surface area contributed by atoms with Gasteiger partial charge in [-0.05, 0) is 0 Å². The zero-order chi connectivity index (χ0) is 33.3. The highest BCUT2D eigenvalue weighted by Gasteiger charge is 2.57. The number of aliphatic hydroxyl groups excluding tert-OH is 1. The van der Waals surface area contributed by atoms with Gasteiger partial charge in [-0.15, -0.1) is 0 Å². The maximum absolute atomic E-state index is 12.2. The van der Waals surface area contributed by atoms with Crippen molar-refractivity contribution in [2.75, 3.05) is 13.2 Å². The van der Waals surface area contributed by atoms with Crippen LogP contribution in [-0.2, 0) is 80.9 Å². The summed E-state index contributed by atoms with van der Waals surface area (Å²) in [6, 6.07) is 0. The Morgan fingerprint density at radius 3 is 1.27 bits per heavy atom. The smallest absolute Gasteiger partial charge is 0.303 e. The zero-order valence-electron chi connectivity index (χ0n) is 25.1. The lowest BCUT2D eigenvalue weighted by Crippen LogP contribution is -2.67. The summed E-state index contributed by atoms with van der Waals surface area (Å²) in [4.78, 5) is 83.5. The van der Waals surface area contributed by atoms with Crippen molar-refractivity contribution in [3.8, 4) is 0 Å². The van der Waals surface area contributed by atoms with Gasteiger partial charge in [0, 0.05) is 48.5 Å². The van der Waals surface area contributed by atoms with Crippen LogP contribution < -0.4 is 0 Å². The Balaban J connectivity index is 2.66. The molecule has 0 aromatic rings. The number of ether oxygens (including phenoxy) is 10. The Morgan fingerprint density at radius 1 is 0.477 bits per heavy atom. The molecular weight excluding hydrogens is 600 g/mol. The summed E-state index contributed by atoms with van der Waals surface area (Å²) in [5.41, 5.74) is 0. The van der Waals surface area contributed by atoms with Crippen molar-refractivity contribution in [1.82, 2.24) is 0 Å². The fraction of sp³-hybridized carbons (Fsp3) is 0.731. The molecule has 18 nitrogen and oxygen atoms in total. The number of rotatable bonds is 11. The maximum Gasteiger partial charge on any atom is 0.303 e. The van der Waals surface area contributed by atoms with Crippen LogP contribution in [0.3, 0.4) is 0 Å². The van der Waals surface area contributed by atoms with E-state index in [0.29, 0.717) is 0 Å². The van der Waals surface area contributed by atoms with Crippen LogP contribution in [0, 0.1) is 0 Å². The van der Waals surface area contributed by atoms with E-state index in [1.54, 1.807) is 0 Å². The van der Waals surface area contributed by atoms with Crippen molar-refractivity contribution in [1.29, 1.82) is 0 Å². The van der Waals surface area contributed by atoms with Crippen molar-refractivity contribution in [2.45, 2.75) is 110 Å². The molecule has 0 spiro atoms. The van der Waals surface area contributed by atoms with Crippen molar-refractivity contribution in [3.05, 3.63) is 0 Å². The molecule has 0 saturated carbocycles. The van der Waals surface area contributed by atoms with Crippen LogP contribution in [-0.4, -0.2) is 122 Å². The lowest BCUT2D eigenvalue weighted by molar-refractivity contribution is -0.357. The molecule has 0 unspecified atom stereocenters. The van der Waals surface area contributed by atoms with Gasteiger partial charge in [0.05, 0.1) is 0 Å². The Bertz CT molecular complexity index is 1090. The lowest BCUT2D eigenvalue weighted by atomic mass is 9.96. The highest BCUT2D eigenvalue weighted by atomic mass is 16.8. The van der Waals surface area contributed by atoms with Crippen LogP contribution in [0.1, 0.15) is 48.5 Å². The summed E-state index contributed by atoms with van der Waals surface area (Å²) < 4.78 is 54.0. The predicted molar refractivity (Wildman–Crippen MR) is 135 cm³/mol. The Kier molecular flexibility index (Phi) is 13.4. The third kappa shape index (κ3) is 10.7. The van der Waals surface area contributed by atoms with Crippen molar-refractivity contribution in [2.24, 2.45) is 0 Å². The third-order valence-electron chi connectivity index (χ3n) is 5.90. The summed E-state index contributed by atoms with van der Waals surface area (Å²) >= 11 is 0. The molecule has 44 heavy (non-hydrogen) atoms. The van der Waals surface area contributed by atoms with E-state index >= 15 is 0 Å². The SMILES string of the molecule is CC(=O)OC[C@H]1O[C@H](O[C@@H]2[C@@H](OC(C)=O)[C@H](O)O[C@H](COC(C)=O)[C@H]2OC(C)=O)[C@H](OC(C)=O)[C@@H](OC(C)=O)[C@H]1OC(C)=O. The van der Waals surface area contributed by atoms with Crippen LogP contribution in [0.25, 0.3) is 0 Å². The quantitative estimate of drug-likeness (QED) is 0.203. The molecule has 2 aliphatic rings. The molecule has 0 aromatic carbocycles. The second-order valence-electron chi connectivity index (χ2n) is 9.68. The first kappa shape index (κ1) is 36.3. The molecule has 248 valence electrons. The lowest BCUT2D eigenvalue weighted by Gasteiger charge is -2.48. The summed E-state index contributed by atoms with van der Waals surface area (Å²) in [6.07, 6.45) is -16.4. The van der Waals surface area contributed by atoms with E-state index in [1.165, 1.54) is 0 Å². The fourth-order valence-electron chi connectivity index (χ4n) is 4.49. The highest BCUT2D eigenvalue weighted by Crippen LogP contribution is 2.35. The topological polar surface area (TPSA) is 232 Å². The minimum atomic E-state index is -1.94. The van der Waals surface area contributed by atoms with E-state index in [-0.39, 0.29) is 0 Å². The molecular formula is C26H36O18. The molecule has 18 heteroatoms. The van der Waals surface area contributed by atoms with Gasteiger partial charge in [-0.2, -0.15) is 0 Å². The largest absolute Gasteiger partial charge is 0.463 e. The number of carbonyl (C=O) groups excluding carboxylic acids is 7. The summed E-state index contributed by atoms with van der Waals surface area (Å²) in [6.45, 7) is 6.13. The van der Waals surface area contributed by atoms with Gasteiger partial charge in [0.1, 0.15) is 31.5 Å². The molecule has 2 saturated heterocycles. The van der Waals surface area contributed by atoms with Gasteiger partial charge < -0.3 is 52.5 Å². The summed E-state index contributed by atoms with van der Waals surface area (Å²) in [5.74, 6) is -6.03. The Morgan fingerprint density at radius 2 is 0.841 bits per heavy atom. The molecule has 1 N–H and O–H groups in total. The van der Waals surface area contributed by atoms with Gasteiger partial charge in [0.25, 0.3) is 0 Å². The van der Waals surface area contributed by atoms with Crippen LogP contribution in [0.4, 0.5) is 0 Å². The van der Waals surface area contributed by atoms with E-state index in [1.807, 2.05) is 0 Å². The first-order chi connectivity index (χ1) is 20.5. The van der Waals surface area contributed by atoms with Crippen LogP contribution in [0.5, 0.6) is 0 Å². The van der Waals surface area contributed by atoms with Gasteiger partial charge in [-0.25, -0.2) is 0 Å². The van der Waals surface area contributed by atoms with Crippen LogP contribution in [0.2, 0.25) is 0 Å². The molecule has 2 fully saturated rings. The molecule has 0 radical (unpaired) electrons. The van der Waals surface area contributed by atoms with Crippen LogP contribution >= 0.6 is 0 Å². The molecule has 0 aromatic heterocycles. The molecule has 2 heterocycles. The molecule has 0 bridgehead atoms. The highest BCUT2D eigenvalue weighted by molar-refractivity contribution is 5.69. The molecule has 0 amide bonds. The predicted octanol–water partition coefficient (Wildman–Crippen LogP) is -1.40. The second-order valence-corrected chi connectivity index (χ2v) is 9.68. The zero-order valence-corrected chi connectivity index (χ0v) is 25.1. The van der Waals surface area contributed by atoms with Crippen LogP contribution in [0.15, 0.2) is 0 Å². The molecule has 2 rings (SSSR count). The number of hydrogen-bond acceptors (Lipinski definition) is 18. The van der Waals surface area contributed by atoms with Crippen molar-refractivity contribution < 1.29 is 86.0 Å². The average molecular weight is 637 g/mol. The van der Waals surface area contributed by atoms with Gasteiger partial charge >= 0.3 is 41.8 Å². The van der Waals surface area contributed by atoms with Crippen molar-refractivity contribution >= 4 is 41.8 Å². The average Bonchev–Trinajstić information content (AvgIpc) is 2.87. The second kappa shape index (κ2) is 16.3. The summed E-state index contributed by atoms with van der Waals surface area (Å²) in [7, 11) is 0. The van der Waals surface area contributed by atoms with E-state index in [2.05, 4.69) is 0 Å². The summed E-state index contributed by atoms with van der Waals surface area (Å²) in [5, 5.41) is 10.8. The van der Waals surface area contributed by atoms with Crippen molar-refractivity contribution in [3.63, 3.8) is 0 Å². The Labute approximate surface area is 251 Å². The Hall–Kier alpha value is -3.87. The van der Waals surface area contributed by atoms with Gasteiger partial charge in [0.15, 0.2) is 43.1 Å². The van der Waals surface area contributed by atoms with E-state index < -0.39 is 116 Å². The minimum Gasteiger partial charge on any atom is -0.463 e. The minimum absolute atomic E-state index is 0.560. The van der Waals surface area contributed by atoms with Gasteiger partial charge in [-0.1, -0.05) is 0 Å². The van der Waals surface area contributed by atoms with Gasteiger partial charge in [0.2, 0.25) is 0 Å².